The third-order valence-electron chi connectivity index (χ3n) is 4.52. The lowest BCUT2D eigenvalue weighted by Gasteiger charge is -2.30. The summed E-state index contributed by atoms with van der Waals surface area (Å²) in [6.07, 6.45) is 0.767. The number of nitrogens with two attached hydrogens (primary N) is 1. The van der Waals surface area contributed by atoms with E-state index in [0.717, 1.165) is 35.6 Å². The SMILES string of the molecule is Cc1cc(C(=O)Nc2sc3c(c2C(N)=O)CCN(C(C)C)C3)n(C)n1.Cl. The minimum Gasteiger partial charge on any atom is -0.365 e. The Bertz CT molecular complexity index is 843. The number of nitrogens with one attached hydrogen (secondary N) is 1. The molecule has 0 bridgehead atoms. The van der Waals surface area contributed by atoms with Crippen molar-refractivity contribution in [3.63, 3.8) is 0 Å². The number of thiophene rings is 1. The molecule has 0 aromatic carbocycles. The zero-order valence-corrected chi connectivity index (χ0v) is 17.0. The fourth-order valence-corrected chi connectivity index (χ4v) is 4.48. The van der Waals surface area contributed by atoms with Crippen molar-refractivity contribution in [3.05, 3.63) is 33.5 Å². The summed E-state index contributed by atoms with van der Waals surface area (Å²) >= 11 is 1.44. The van der Waals surface area contributed by atoms with Crippen LogP contribution in [0.4, 0.5) is 5.00 Å². The Labute approximate surface area is 163 Å². The molecule has 0 radical (unpaired) electrons. The molecule has 3 N–H and O–H groups in total. The number of amides is 2. The molecule has 3 heterocycles. The van der Waals surface area contributed by atoms with Crippen LogP contribution in [0.5, 0.6) is 0 Å². The number of halogens is 1. The second-order valence-corrected chi connectivity index (χ2v) is 7.74. The number of nitrogens with zero attached hydrogens (tertiary/aromatic N) is 3. The largest absolute Gasteiger partial charge is 0.365 e. The molecule has 0 unspecified atom stereocenters. The number of aromatic nitrogens is 2. The monoisotopic (exact) mass is 397 g/mol. The smallest absolute Gasteiger partial charge is 0.274 e. The lowest BCUT2D eigenvalue weighted by molar-refractivity contribution is 0.0999. The van der Waals surface area contributed by atoms with Gasteiger partial charge in [-0.15, -0.1) is 23.7 Å². The number of hydrogen-bond donors (Lipinski definition) is 2. The van der Waals surface area contributed by atoms with E-state index in [-0.39, 0.29) is 18.3 Å². The molecule has 2 amide bonds. The van der Waals surface area contributed by atoms with Crippen LogP contribution in [0.2, 0.25) is 0 Å². The van der Waals surface area contributed by atoms with Gasteiger partial charge in [-0.3, -0.25) is 19.2 Å². The third kappa shape index (κ3) is 3.77. The van der Waals surface area contributed by atoms with Crippen molar-refractivity contribution < 1.29 is 9.59 Å². The van der Waals surface area contributed by atoms with Crippen molar-refractivity contribution in [3.8, 4) is 0 Å². The van der Waals surface area contributed by atoms with Crippen LogP contribution in [0.25, 0.3) is 0 Å². The Balaban J connectivity index is 0.00000243. The molecule has 1 aliphatic heterocycles. The molecule has 0 atom stereocenters. The van der Waals surface area contributed by atoms with Gasteiger partial charge in [-0.05, 0) is 38.8 Å². The van der Waals surface area contributed by atoms with Crippen LogP contribution in [0.1, 0.15) is 50.8 Å². The number of carbonyl (C=O) groups is 2. The number of aryl methyl sites for hydroxylation is 2. The first-order valence-corrected chi connectivity index (χ1v) is 9.10. The van der Waals surface area contributed by atoms with Crippen LogP contribution in [0, 0.1) is 6.92 Å². The Morgan fingerprint density at radius 1 is 1.38 bits per heavy atom. The molecule has 142 valence electrons. The lowest BCUT2D eigenvalue weighted by Crippen LogP contribution is -2.35. The first-order valence-electron chi connectivity index (χ1n) is 8.28. The van der Waals surface area contributed by atoms with E-state index in [2.05, 4.69) is 29.2 Å². The molecule has 0 spiro atoms. The van der Waals surface area contributed by atoms with E-state index in [1.807, 2.05) is 6.92 Å². The van der Waals surface area contributed by atoms with Gasteiger partial charge in [0.1, 0.15) is 10.7 Å². The van der Waals surface area contributed by atoms with E-state index >= 15 is 0 Å². The summed E-state index contributed by atoms with van der Waals surface area (Å²) in [6.45, 7) is 7.80. The third-order valence-corrected chi connectivity index (χ3v) is 5.66. The fourth-order valence-electron chi connectivity index (χ4n) is 3.20. The summed E-state index contributed by atoms with van der Waals surface area (Å²) in [7, 11) is 1.72. The second-order valence-electron chi connectivity index (χ2n) is 6.64. The molecule has 2 aromatic heterocycles. The van der Waals surface area contributed by atoms with Crippen LogP contribution < -0.4 is 11.1 Å². The summed E-state index contributed by atoms with van der Waals surface area (Å²) in [5.74, 6) is -0.781. The first-order chi connectivity index (χ1) is 11.8. The molecule has 1 aliphatic rings. The first kappa shape index (κ1) is 20.4. The van der Waals surface area contributed by atoms with Gasteiger partial charge < -0.3 is 11.1 Å². The molecule has 9 heteroatoms. The van der Waals surface area contributed by atoms with Crippen molar-refractivity contribution in [1.82, 2.24) is 14.7 Å². The summed E-state index contributed by atoms with van der Waals surface area (Å²) in [6, 6.07) is 2.15. The van der Waals surface area contributed by atoms with Crippen molar-refractivity contribution in [2.45, 2.75) is 39.8 Å². The van der Waals surface area contributed by atoms with Gasteiger partial charge in [-0.1, -0.05) is 0 Å². The number of carbonyl (C=O) groups excluding carboxylic acids is 2. The quantitative estimate of drug-likeness (QED) is 0.827. The maximum Gasteiger partial charge on any atom is 0.274 e. The van der Waals surface area contributed by atoms with E-state index in [0.29, 0.717) is 22.3 Å². The number of fused-ring (bicyclic) bond motifs is 1. The maximum absolute atomic E-state index is 12.6. The zero-order chi connectivity index (χ0) is 18.3. The number of rotatable bonds is 4. The molecule has 26 heavy (non-hydrogen) atoms. The Morgan fingerprint density at radius 2 is 2.08 bits per heavy atom. The Morgan fingerprint density at radius 3 is 2.62 bits per heavy atom. The average Bonchev–Trinajstić information content (AvgIpc) is 3.05. The van der Waals surface area contributed by atoms with Crippen molar-refractivity contribution in [1.29, 1.82) is 0 Å². The van der Waals surface area contributed by atoms with E-state index in [9.17, 15) is 9.59 Å². The maximum atomic E-state index is 12.6. The summed E-state index contributed by atoms with van der Waals surface area (Å²) in [4.78, 5) is 28.0. The summed E-state index contributed by atoms with van der Waals surface area (Å²) < 4.78 is 1.53. The number of primary amides is 1. The average molecular weight is 398 g/mol. The zero-order valence-electron chi connectivity index (χ0n) is 15.3. The molecule has 7 nitrogen and oxygen atoms in total. The standard InChI is InChI=1S/C17H23N5O2S.ClH/c1-9(2)22-6-5-11-13(8-22)25-17(14(11)15(18)23)19-16(24)12-7-10(3)20-21(12)4;/h7,9H,5-6,8H2,1-4H3,(H2,18,23)(H,19,24);1H. The molecular formula is C17H24ClN5O2S. The highest BCUT2D eigenvalue weighted by Gasteiger charge is 2.29. The minimum absolute atomic E-state index is 0. The van der Waals surface area contributed by atoms with Gasteiger partial charge in [0.25, 0.3) is 11.8 Å². The van der Waals surface area contributed by atoms with E-state index < -0.39 is 5.91 Å². The van der Waals surface area contributed by atoms with Gasteiger partial charge in [0.15, 0.2) is 0 Å². The molecule has 0 saturated heterocycles. The fraction of sp³-hybridized carbons (Fsp3) is 0.471. The predicted molar refractivity (Wildman–Crippen MR) is 105 cm³/mol. The van der Waals surface area contributed by atoms with E-state index in [4.69, 9.17) is 5.73 Å². The molecule has 0 fully saturated rings. The van der Waals surface area contributed by atoms with Crippen LogP contribution in [0.3, 0.4) is 0 Å². The molecule has 3 rings (SSSR count). The van der Waals surface area contributed by atoms with Crippen LogP contribution in [-0.4, -0.2) is 39.1 Å². The van der Waals surface area contributed by atoms with Gasteiger partial charge in [-0.2, -0.15) is 5.10 Å². The Kier molecular flexibility index (Phi) is 6.10. The summed E-state index contributed by atoms with van der Waals surface area (Å²) in [5.41, 5.74) is 8.26. The number of hydrogen-bond acceptors (Lipinski definition) is 5. The topological polar surface area (TPSA) is 93.2 Å². The molecule has 0 saturated carbocycles. The van der Waals surface area contributed by atoms with Gasteiger partial charge in [-0.25, -0.2) is 0 Å². The highest BCUT2D eigenvalue weighted by molar-refractivity contribution is 7.17. The van der Waals surface area contributed by atoms with E-state index in [1.165, 1.54) is 16.0 Å². The van der Waals surface area contributed by atoms with Crippen LogP contribution >= 0.6 is 23.7 Å². The van der Waals surface area contributed by atoms with Gasteiger partial charge in [0.05, 0.1) is 11.3 Å². The lowest BCUT2D eigenvalue weighted by atomic mass is 10.0. The van der Waals surface area contributed by atoms with Gasteiger partial charge in [0, 0.05) is 31.1 Å². The van der Waals surface area contributed by atoms with E-state index in [1.54, 1.807) is 13.1 Å². The predicted octanol–water partition coefficient (Wildman–Crippen LogP) is 2.33. The van der Waals surface area contributed by atoms with Crippen LogP contribution in [-0.2, 0) is 20.0 Å². The van der Waals surface area contributed by atoms with Crippen LogP contribution in [0.15, 0.2) is 6.07 Å². The molecular weight excluding hydrogens is 374 g/mol. The highest BCUT2D eigenvalue weighted by atomic mass is 35.5. The second kappa shape index (κ2) is 7.77. The van der Waals surface area contributed by atoms with Crippen molar-refractivity contribution in [2.24, 2.45) is 12.8 Å². The van der Waals surface area contributed by atoms with Crippen molar-refractivity contribution in [2.75, 3.05) is 11.9 Å². The van der Waals surface area contributed by atoms with Gasteiger partial charge >= 0.3 is 0 Å². The van der Waals surface area contributed by atoms with Crippen molar-refractivity contribution >= 4 is 40.6 Å². The molecule has 0 aliphatic carbocycles. The minimum atomic E-state index is -0.494. The Hall–Kier alpha value is -1.90. The highest BCUT2D eigenvalue weighted by Crippen LogP contribution is 2.37. The van der Waals surface area contributed by atoms with Gasteiger partial charge in [0.2, 0.25) is 0 Å². The molecule has 2 aromatic rings. The normalized spacial score (nSPS) is 14.0. The number of anilines is 1. The summed E-state index contributed by atoms with van der Waals surface area (Å²) in [5, 5.41) is 7.58.